The molecule has 1 aromatic carbocycles. The second kappa shape index (κ2) is 7.00. The Labute approximate surface area is 130 Å². The minimum absolute atomic E-state index is 0.0345. The van der Waals surface area contributed by atoms with Crippen molar-refractivity contribution in [3.63, 3.8) is 0 Å². The van der Waals surface area contributed by atoms with Gasteiger partial charge in [0, 0.05) is 37.8 Å². The molecule has 1 aliphatic rings. The van der Waals surface area contributed by atoms with Gasteiger partial charge in [-0.05, 0) is 28.1 Å². The van der Waals surface area contributed by atoms with E-state index in [0.29, 0.717) is 30.7 Å². The Morgan fingerprint density at radius 1 is 1.24 bits per heavy atom. The lowest BCUT2D eigenvalue weighted by Crippen LogP contribution is -2.51. The topological polar surface area (TPSA) is 49.9 Å². The zero-order valence-corrected chi connectivity index (χ0v) is 13.2. The van der Waals surface area contributed by atoms with E-state index in [1.165, 1.54) is 19.2 Å². The van der Waals surface area contributed by atoms with Crippen LogP contribution in [0.5, 0.6) is 0 Å². The van der Waals surface area contributed by atoms with Crippen molar-refractivity contribution in [1.29, 1.82) is 0 Å². The average Bonchev–Trinajstić information content (AvgIpc) is 2.47. The number of carbonyl (C=O) groups excluding carboxylic acids is 2. The van der Waals surface area contributed by atoms with Gasteiger partial charge < -0.3 is 14.5 Å². The molecule has 2 amide bonds. The van der Waals surface area contributed by atoms with Gasteiger partial charge in [0.15, 0.2) is 0 Å². The van der Waals surface area contributed by atoms with Gasteiger partial charge in [-0.1, -0.05) is 6.07 Å². The number of nitrogens with zero attached hydrogens (tertiary/aromatic N) is 2. The van der Waals surface area contributed by atoms with E-state index < -0.39 is 5.82 Å². The van der Waals surface area contributed by atoms with Gasteiger partial charge in [-0.15, -0.1) is 0 Å². The highest BCUT2D eigenvalue weighted by Gasteiger charge is 2.27. The fourth-order valence-corrected chi connectivity index (χ4v) is 2.75. The second-order valence-electron chi connectivity index (χ2n) is 4.70. The minimum atomic E-state index is -0.549. The third-order valence-electron chi connectivity index (χ3n) is 3.36. The van der Waals surface area contributed by atoms with Crippen molar-refractivity contribution >= 4 is 27.7 Å². The van der Waals surface area contributed by atoms with Gasteiger partial charge >= 0.3 is 0 Å². The van der Waals surface area contributed by atoms with Crippen LogP contribution in [0.25, 0.3) is 0 Å². The van der Waals surface area contributed by atoms with Gasteiger partial charge in [0.1, 0.15) is 12.4 Å². The molecular formula is C14H16BrFN2O3. The number of hydrogen-bond acceptors (Lipinski definition) is 3. The monoisotopic (exact) mass is 358 g/mol. The number of amides is 2. The average molecular weight is 359 g/mol. The molecule has 7 heteroatoms. The molecule has 0 radical (unpaired) electrons. The Hall–Kier alpha value is -1.47. The Morgan fingerprint density at radius 2 is 1.86 bits per heavy atom. The van der Waals surface area contributed by atoms with E-state index in [4.69, 9.17) is 4.74 Å². The number of ether oxygens (including phenoxy) is 1. The standard InChI is InChI=1S/C14H16BrFN2O3/c1-21-9-12(19)17-5-7-18(8-6-17)14(20)13-10(15)3-2-4-11(13)16/h2-4H,5-9H2,1H3. The van der Waals surface area contributed by atoms with Crippen LogP contribution in [0.15, 0.2) is 22.7 Å². The number of rotatable bonds is 3. The van der Waals surface area contributed by atoms with E-state index in [-0.39, 0.29) is 24.0 Å². The molecule has 1 saturated heterocycles. The van der Waals surface area contributed by atoms with Gasteiger partial charge in [-0.25, -0.2) is 4.39 Å². The molecule has 2 rings (SSSR count). The minimum Gasteiger partial charge on any atom is -0.375 e. The molecule has 21 heavy (non-hydrogen) atoms. The maximum absolute atomic E-state index is 13.8. The van der Waals surface area contributed by atoms with E-state index >= 15 is 0 Å². The number of carbonyl (C=O) groups is 2. The first kappa shape index (κ1) is 15.9. The van der Waals surface area contributed by atoms with Crippen LogP contribution in [0, 0.1) is 5.82 Å². The summed E-state index contributed by atoms with van der Waals surface area (Å²) in [5.74, 6) is -1.01. The molecule has 1 fully saturated rings. The number of benzene rings is 1. The highest BCUT2D eigenvalue weighted by Crippen LogP contribution is 2.22. The zero-order chi connectivity index (χ0) is 15.4. The molecule has 114 valence electrons. The summed E-state index contributed by atoms with van der Waals surface area (Å²) in [5.41, 5.74) is 0.0363. The molecule has 1 aromatic rings. The Balaban J connectivity index is 2.02. The van der Waals surface area contributed by atoms with Crippen LogP contribution in [-0.2, 0) is 9.53 Å². The zero-order valence-electron chi connectivity index (χ0n) is 11.6. The molecule has 0 atom stereocenters. The van der Waals surface area contributed by atoms with Crippen LogP contribution in [-0.4, -0.2) is 61.5 Å². The van der Waals surface area contributed by atoms with Crippen LogP contribution in [0.2, 0.25) is 0 Å². The van der Waals surface area contributed by atoms with E-state index in [0.717, 1.165) is 0 Å². The summed E-state index contributed by atoms with van der Waals surface area (Å²) in [5, 5.41) is 0. The van der Waals surface area contributed by atoms with Crippen molar-refractivity contribution in [2.45, 2.75) is 0 Å². The fourth-order valence-electron chi connectivity index (χ4n) is 2.23. The quantitative estimate of drug-likeness (QED) is 0.822. The van der Waals surface area contributed by atoms with E-state index in [1.807, 2.05) is 0 Å². The van der Waals surface area contributed by atoms with Crippen molar-refractivity contribution < 1.29 is 18.7 Å². The first-order valence-electron chi connectivity index (χ1n) is 6.54. The summed E-state index contributed by atoms with van der Waals surface area (Å²) >= 11 is 3.20. The van der Waals surface area contributed by atoms with Gasteiger partial charge in [0.05, 0.1) is 5.56 Å². The third kappa shape index (κ3) is 3.59. The molecule has 1 heterocycles. The summed E-state index contributed by atoms with van der Waals surface area (Å²) < 4.78 is 19.0. The number of piperazine rings is 1. The molecule has 0 N–H and O–H groups in total. The van der Waals surface area contributed by atoms with Crippen molar-refractivity contribution in [2.24, 2.45) is 0 Å². The first-order chi connectivity index (χ1) is 10.0. The largest absolute Gasteiger partial charge is 0.375 e. The lowest BCUT2D eigenvalue weighted by molar-refractivity contribution is -0.136. The van der Waals surface area contributed by atoms with E-state index in [9.17, 15) is 14.0 Å². The Morgan fingerprint density at radius 3 is 2.43 bits per heavy atom. The van der Waals surface area contributed by atoms with Crippen molar-refractivity contribution in [3.05, 3.63) is 34.1 Å². The maximum Gasteiger partial charge on any atom is 0.258 e. The Bertz CT molecular complexity index is 525. The van der Waals surface area contributed by atoms with Crippen molar-refractivity contribution in [3.8, 4) is 0 Å². The van der Waals surface area contributed by atoms with Gasteiger partial charge in [-0.2, -0.15) is 0 Å². The number of methoxy groups -OCH3 is 1. The van der Waals surface area contributed by atoms with E-state index in [1.54, 1.807) is 15.9 Å². The van der Waals surface area contributed by atoms with Crippen LogP contribution in [0.1, 0.15) is 10.4 Å². The fraction of sp³-hybridized carbons (Fsp3) is 0.429. The molecule has 0 saturated carbocycles. The highest BCUT2D eigenvalue weighted by atomic mass is 79.9. The van der Waals surface area contributed by atoms with Crippen LogP contribution in [0.3, 0.4) is 0 Å². The van der Waals surface area contributed by atoms with Gasteiger partial charge in [0.25, 0.3) is 5.91 Å². The Kier molecular flexibility index (Phi) is 5.30. The molecule has 0 unspecified atom stereocenters. The first-order valence-corrected chi connectivity index (χ1v) is 7.34. The predicted molar refractivity (Wildman–Crippen MR) is 78.5 cm³/mol. The van der Waals surface area contributed by atoms with E-state index in [2.05, 4.69) is 15.9 Å². The van der Waals surface area contributed by atoms with Gasteiger partial charge in [-0.3, -0.25) is 9.59 Å². The van der Waals surface area contributed by atoms with Gasteiger partial charge in [0.2, 0.25) is 5.91 Å². The number of halogens is 2. The third-order valence-corrected chi connectivity index (χ3v) is 4.02. The summed E-state index contributed by atoms with van der Waals surface area (Å²) in [6, 6.07) is 4.43. The SMILES string of the molecule is COCC(=O)N1CCN(C(=O)c2c(F)cccc2Br)CC1. The molecule has 5 nitrogen and oxygen atoms in total. The summed E-state index contributed by atoms with van der Waals surface area (Å²) in [6.45, 7) is 1.66. The summed E-state index contributed by atoms with van der Waals surface area (Å²) in [6.07, 6.45) is 0. The van der Waals surface area contributed by atoms with Crippen LogP contribution >= 0.6 is 15.9 Å². The van der Waals surface area contributed by atoms with Crippen LogP contribution < -0.4 is 0 Å². The summed E-state index contributed by atoms with van der Waals surface area (Å²) in [7, 11) is 1.47. The second-order valence-corrected chi connectivity index (χ2v) is 5.56. The molecule has 0 spiro atoms. The number of hydrogen-bond donors (Lipinski definition) is 0. The maximum atomic E-state index is 13.8. The lowest BCUT2D eigenvalue weighted by Gasteiger charge is -2.34. The molecular weight excluding hydrogens is 343 g/mol. The van der Waals surface area contributed by atoms with Crippen LogP contribution in [0.4, 0.5) is 4.39 Å². The normalized spacial score (nSPS) is 15.2. The predicted octanol–water partition coefficient (Wildman–Crippen LogP) is 1.52. The summed E-state index contributed by atoms with van der Waals surface area (Å²) in [4.78, 5) is 27.3. The molecule has 0 aromatic heterocycles. The molecule has 0 aliphatic carbocycles. The van der Waals surface area contributed by atoms with Crippen molar-refractivity contribution in [1.82, 2.24) is 9.80 Å². The lowest BCUT2D eigenvalue weighted by atomic mass is 10.1. The molecule has 0 bridgehead atoms. The van der Waals surface area contributed by atoms with Crippen molar-refractivity contribution in [2.75, 3.05) is 39.9 Å². The molecule has 1 aliphatic heterocycles. The smallest absolute Gasteiger partial charge is 0.258 e. The highest BCUT2D eigenvalue weighted by molar-refractivity contribution is 9.10.